The summed E-state index contributed by atoms with van der Waals surface area (Å²) in [5.74, 6) is 0.0787. The molecule has 2 aromatic rings. The lowest BCUT2D eigenvalue weighted by molar-refractivity contribution is 0.104. The molecule has 1 aliphatic carbocycles. The molecule has 1 aromatic heterocycles. The van der Waals surface area contributed by atoms with E-state index in [0.29, 0.717) is 20.6 Å². The van der Waals surface area contributed by atoms with Crippen molar-refractivity contribution in [2.45, 2.75) is 51.6 Å². The van der Waals surface area contributed by atoms with Gasteiger partial charge in [0, 0.05) is 22.7 Å². The summed E-state index contributed by atoms with van der Waals surface area (Å²) in [4.78, 5) is 17.4. The summed E-state index contributed by atoms with van der Waals surface area (Å²) >= 11 is 13.2. The third-order valence-corrected chi connectivity index (χ3v) is 8.34. The van der Waals surface area contributed by atoms with E-state index in [4.69, 9.17) is 28.9 Å². The highest BCUT2D eigenvalue weighted by Crippen LogP contribution is 2.32. The van der Waals surface area contributed by atoms with E-state index < -0.39 is 10.0 Å². The first kappa shape index (κ1) is 24.3. The fourth-order valence-corrected chi connectivity index (χ4v) is 6.75. The van der Waals surface area contributed by atoms with Gasteiger partial charge < -0.3 is 11.1 Å². The highest BCUT2D eigenvalue weighted by Gasteiger charge is 2.27. The zero-order chi connectivity index (χ0) is 22.8. The average Bonchev–Trinajstić information content (AvgIpc) is 3.01. The lowest BCUT2D eigenvalue weighted by Gasteiger charge is -2.29. The van der Waals surface area contributed by atoms with Crippen LogP contribution >= 0.6 is 34.5 Å². The van der Waals surface area contributed by atoms with E-state index in [1.165, 1.54) is 17.4 Å². The van der Waals surface area contributed by atoms with Gasteiger partial charge in [0.25, 0.3) is 0 Å². The number of sulfonamides is 1. The van der Waals surface area contributed by atoms with Crippen molar-refractivity contribution < 1.29 is 13.2 Å². The number of ketones is 1. The number of nitrogens with zero attached hydrogens (tertiary/aromatic N) is 1. The normalized spacial score (nSPS) is 19.5. The number of aromatic nitrogens is 1. The quantitative estimate of drug-likeness (QED) is 0.453. The summed E-state index contributed by atoms with van der Waals surface area (Å²) in [6, 6.07) is 4.78. The SMILES string of the molecule is CC(C)CS(=O)(=O)N[C@H]1CC[C@H](Nc2nc(N)c(C(=O)c3ccc(Cl)cc3Cl)s2)CC1. The fourth-order valence-electron chi connectivity index (χ4n) is 3.62. The van der Waals surface area contributed by atoms with Crippen molar-refractivity contribution in [3.8, 4) is 0 Å². The lowest BCUT2D eigenvalue weighted by Crippen LogP contribution is -2.41. The number of nitrogen functional groups attached to an aromatic ring is 1. The number of rotatable bonds is 8. The molecule has 11 heteroatoms. The van der Waals surface area contributed by atoms with Gasteiger partial charge in [-0.3, -0.25) is 4.79 Å². The fraction of sp³-hybridized carbons (Fsp3) is 0.500. The van der Waals surface area contributed by atoms with Gasteiger partial charge in [0.15, 0.2) is 5.13 Å². The molecule has 3 rings (SSSR count). The van der Waals surface area contributed by atoms with Crippen LogP contribution in [0.1, 0.15) is 54.8 Å². The first-order chi connectivity index (χ1) is 14.5. The molecule has 0 amide bonds. The highest BCUT2D eigenvalue weighted by molar-refractivity contribution is 7.89. The van der Waals surface area contributed by atoms with E-state index in [0.717, 1.165) is 25.7 Å². The molecule has 0 bridgehead atoms. The summed E-state index contributed by atoms with van der Waals surface area (Å²) in [7, 11) is -3.26. The number of carbonyl (C=O) groups excluding carboxylic acids is 1. The van der Waals surface area contributed by atoms with Crippen LogP contribution < -0.4 is 15.8 Å². The van der Waals surface area contributed by atoms with Crippen molar-refractivity contribution >= 4 is 61.3 Å². The average molecular weight is 505 g/mol. The maximum absolute atomic E-state index is 12.8. The van der Waals surface area contributed by atoms with E-state index >= 15 is 0 Å². The third kappa shape index (κ3) is 6.55. The molecule has 0 unspecified atom stereocenters. The first-order valence-corrected chi connectivity index (χ1v) is 13.3. The Hall–Kier alpha value is -1.39. The molecule has 4 N–H and O–H groups in total. The van der Waals surface area contributed by atoms with Crippen molar-refractivity contribution in [2.75, 3.05) is 16.8 Å². The van der Waals surface area contributed by atoms with E-state index in [1.807, 2.05) is 13.8 Å². The van der Waals surface area contributed by atoms with Crippen LogP contribution in [-0.2, 0) is 10.0 Å². The molecule has 1 aliphatic rings. The van der Waals surface area contributed by atoms with Gasteiger partial charge in [-0.15, -0.1) is 0 Å². The molecular weight excluding hydrogens is 479 g/mol. The van der Waals surface area contributed by atoms with Crippen molar-refractivity contribution in [3.63, 3.8) is 0 Å². The molecule has 0 atom stereocenters. The summed E-state index contributed by atoms with van der Waals surface area (Å²) in [5.41, 5.74) is 6.31. The molecular formula is C20H26Cl2N4O3S2. The number of nitrogens with two attached hydrogens (primary N) is 1. The van der Waals surface area contributed by atoms with Gasteiger partial charge in [0.05, 0.1) is 10.8 Å². The van der Waals surface area contributed by atoms with Crippen LogP contribution in [-0.4, -0.2) is 37.0 Å². The number of hydrogen-bond donors (Lipinski definition) is 3. The Morgan fingerprint density at radius 1 is 1.23 bits per heavy atom. The zero-order valence-electron chi connectivity index (χ0n) is 17.3. The Balaban J connectivity index is 1.59. The summed E-state index contributed by atoms with van der Waals surface area (Å²) in [5, 5.41) is 4.61. The smallest absolute Gasteiger partial charge is 0.212 e. The van der Waals surface area contributed by atoms with Crippen molar-refractivity contribution in [2.24, 2.45) is 5.92 Å². The summed E-state index contributed by atoms with van der Waals surface area (Å²) in [6.45, 7) is 3.78. The van der Waals surface area contributed by atoms with E-state index in [2.05, 4.69) is 15.0 Å². The molecule has 1 saturated carbocycles. The predicted octanol–water partition coefficient (Wildman–Crippen LogP) is 4.56. The number of nitrogens with one attached hydrogen (secondary N) is 2. The largest absolute Gasteiger partial charge is 0.382 e. The Morgan fingerprint density at radius 3 is 2.48 bits per heavy atom. The number of thiazole rings is 1. The Kier molecular flexibility index (Phi) is 7.86. The molecule has 0 aliphatic heterocycles. The van der Waals surface area contributed by atoms with Gasteiger partial charge in [-0.2, -0.15) is 0 Å². The van der Waals surface area contributed by atoms with Gasteiger partial charge in [-0.1, -0.05) is 48.4 Å². The van der Waals surface area contributed by atoms with Crippen LogP contribution in [0.15, 0.2) is 18.2 Å². The van der Waals surface area contributed by atoms with Gasteiger partial charge in [-0.25, -0.2) is 18.1 Å². The van der Waals surface area contributed by atoms with E-state index in [-0.39, 0.29) is 40.4 Å². The second kappa shape index (κ2) is 10.0. The summed E-state index contributed by atoms with van der Waals surface area (Å²) < 4.78 is 27.1. The van der Waals surface area contributed by atoms with Crippen LogP contribution in [0.5, 0.6) is 0 Å². The van der Waals surface area contributed by atoms with E-state index in [9.17, 15) is 13.2 Å². The molecule has 0 spiro atoms. The third-order valence-electron chi connectivity index (χ3n) is 4.99. The van der Waals surface area contributed by atoms with Crippen LogP contribution in [0.3, 0.4) is 0 Å². The first-order valence-electron chi connectivity index (χ1n) is 10.1. The zero-order valence-corrected chi connectivity index (χ0v) is 20.5. The Bertz CT molecular complexity index is 1050. The molecule has 31 heavy (non-hydrogen) atoms. The minimum atomic E-state index is -3.26. The van der Waals surface area contributed by atoms with Crippen LogP contribution in [0, 0.1) is 5.92 Å². The van der Waals surface area contributed by atoms with Gasteiger partial charge in [0.1, 0.15) is 10.7 Å². The van der Waals surface area contributed by atoms with Gasteiger partial charge in [-0.05, 0) is 49.8 Å². The lowest BCUT2D eigenvalue weighted by atomic mass is 9.92. The summed E-state index contributed by atoms with van der Waals surface area (Å²) in [6.07, 6.45) is 3.06. The number of benzene rings is 1. The molecule has 7 nitrogen and oxygen atoms in total. The van der Waals surface area contributed by atoms with Crippen molar-refractivity contribution in [3.05, 3.63) is 38.7 Å². The molecule has 1 fully saturated rings. The molecule has 1 aromatic carbocycles. The molecule has 0 radical (unpaired) electrons. The number of halogens is 2. The minimum absolute atomic E-state index is 0.0488. The van der Waals surface area contributed by atoms with Gasteiger partial charge in [0.2, 0.25) is 15.8 Å². The van der Waals surface area contributed by atoms with Crippen LogP contribution in [0.4, 0.5) is 10.9 Å². The van der Waals surface area contributed by atoms with Crippen molar-refractivity contribution in [1.29, 1.82) is 0 Å². The Labute approximate surface area is 196 Å². The molecule has 1 heterocycles. The van der Waals surface area contributed by atoms with Crippen LogP contribution in [0.25, 0.3) is 0 Å². The second-order valence-corrected chi connectivity index (χ2v) is 11.8. The second-order valence-electron chi connectivity index (χ2n) is 8.17. The van der Waals surface area contributed by atoms with Crippen molar-refractivity contribution in [1.82, 2.24) is 9.71 Å². The standard InChI is InChI=1S/C20H26Cl2N4O3S2/c1-11(2)10-31(28,29)26-14-6-4-13(5-7-14)24-20-25-19(23)18(30-20)17(27)15-8-3-12(21)9-16(15)22/h3,8-9,11,13-14,26H,4-7,10,23H2,1-2H3,(H,24,25)/t13-,14-. The monoisotopic (exact) mass is 504 g/mol. The molecule has 170 valence electrons. The topological polar surface area (TPSA) is 114 Å². The number of carbonyl (C=O) groups is 1. The number of anilines is 2. The van der Waals surface area contributed by atoms with Gasteiger partial charge >= 0.3 is 0 Å². The molecule has 0 saturated heterocycles. The van der Waals surface area contributed by atoms with Crippen LogP contribution in [0.2, 0.25) is 10.0 Å². The highest BCUT2D eigenvalue weighted by atomic mass is 35.5. The maximum Gasteiger partial charge on any atom is 0.212 e. The van der Waals surface area contributed by atoms with E-state index in [1.54, 1.807) is 12.1 Å². The Morgan fingerprint density at radius 2 is 1.87 bits per heavy atom. The minimum Gasteiger partial charge on any atom is -0.382 e. The maximum atomic E-state index is 12.8. The number of hydrogen-bond acceptors (Lipinski definition) is 7. The predicted molar refractivity (Wildman–Crippen MR) is 128 cm³/mol.